The fraction of sp³-hybridized carbons (Fsp3) is 0.231. The predicted octanol–water partition coefficient (Wildman–Crippen LogP) is 5.30. The van der Waals surface area contributed by atoms with Gasteiger partial charge in [0.05, 0.1) is 0 Å². The number of nitrogens with zero attached hydrogens (tertiary/aromatic N) is 2. The number of alkyl halides is 2. The van der Waals surface area contributed by atoms with Crippen molar-refractivity contribution in [3.8, 4) is 0 Å². The van der Waals surface area contributed by atoms with Gasteiger partial charge in [0.15, 0.2) is 0 Å². The summed E-state index contributed by atoms with van der Waals surface area (Å²) in [6.45, 7) is 1.73. The molecule has 3 N–H and O–H groups in total. The zero-order chi connectivity index (χ0) is 25.1. The van der Waals surface area contributed by atoms with E-state index in [9.17, 15) is 9.59 Å². The Balaban J connectivity index is 1.32. The summed E-state index contributed by atoms with van der Waals surface area (Å²) in [5.41, 5.74) is 2.13. The van der Waals surface area contributed by atoms with Gasteiger partial charge in [0.2, 0.25) is 0 Å². The molecule has 7 nitrogen and oxygen atoms in total. The van der Waals surface area contributed by atoms with Crippen molar-refractivity contribution >= 4 is 72.3 Å². The number of amides is 2. The third kappa shape index (κ3) is 6.01. The summed E-state index contributed by atoms with van der Waals surface area (Å²) in [4.78, 5) is 32.4. The Morgan fingerprint density at radius 1 is 0.944 bits per heavy atom. The third-order valence-corrected chi connectivity index (χ3v) is 11.6. The zero-order valence-electron chi connectivity index (χ0n) is 19.4. The molecular weight excluding hydrogens is 609 g/mol. The maximum atomic E-state index is 13.2. The smallest absolute Gasteiger partial charge is 0.158 e. The molecule has 0 saturated carbocycles. The quantitative estimate of drug-likeness (QED) is 0.148. The van der Waals surface area contributed by atoms with Gasteiger partial charge < -0.3 is 0 Å². The van der Waals surface area contributed by atoms with Crippen molar-refractivity contribution in [1.29, 1.82) is 5.41 Å². The number of halogens is 2. The van der Waals surface area contributed by atoms with Crippen LogP contribution in [0.3, 0.4) is 0 Å². The average Bonchev–Trinajstić information content (AvgIpc) is 3.76. The number of carbonyl (C=O) groups excluding carboxylic acids is 2. The Bertz CT molecular complexity index is 1290. The van der Waals surface area contributed by atoms with E-state index in [1.165, 1.54) is 18.6 Å². The molecule has 36 heavy (non-hydrogen) atoms. The first-order valence-corrected chi connectivity index (χ1v) is 17.2. The summed E-state index contributed by atoms with van der Waals surface area (Å²) in [6.07, 6.45) is 1.47. The van der Waals surface area contributed by atoms with Gasteiger partial charge in [0.25, 0.3) is 0 Å². The second kappa shape index (κ2) is 11.2. The number of benzene rings is 2. The molecular formula is C26H25ClIN5O2S. The number of amidine groups is 1. The Kier molecular flexibility index (Phi) is 7.78. The molecule has 0 bridgehead atoms. The van der Waals surface area contributed by atoms with E-state index in [-0.39, 0.29) is 11.8 Å². The van der Waals surface area contributed by atoms with Crippen LogP contribution in [0.5, 0.6) is 0 Å². The van der Waals surface area contributed by atoms with E-state index < -0.39 is 19.8 Å². The molecule has 3 aromatic rings. The van der Waals surface area contributed by atoms with Crippen LogP contribution in [-0.4, -0.2) is 61.0 Å². The van der Waals surface area contributed by atoms with E-state index >= 15 is 0 Å². The molecule has 3 heterocycles. The summed E-state index contributed by atoms with van der Waals surface area (Å²) in [5.74, 6) is 2.28. The van der Waals surface area contributed by atoms with E-state index in [1.54, 1.807) is 36.4 Å². The molecule has 0 radical (unpaired) electrons. The van der Waals surface area contributed by atoms with Gasteiger partial charge in [-0.2, -0.15) is 11.8 Å². The van der Waals surface area contributed by atoms with Crippen molar-refractivity contribution in [2.75, 3.05) is 44.1 Å². The van der Waals surface area contributed by atoms with Crippen LogP contribution in [0.2, 0.25) is 5.02 Å². The number of anilines is 2. The molecule has 2 aromatic carbocycles. The minimum Gasteiger partial charge on any atom is -0.158 e. The summed E-state index contributed by atoms with van der Waals surface area (Å²) in [5, 5.41) is 14.7. The number of nitrogens with one attached hydrogen (secondary N) is 3. The van der Waals surface area contributed by atoms with Crippen molar-refractivity contribution in [1.82, 2.24) is 9.88 Å². The SMILES string of the molecule is N=C(c1ccc(C(=O)Nc2ccc(I3CC3)cc2C(=O)Nc2ccc(Cl)cn2)cc1)N1CCSCC1. The molecule has 2 fully saturated rings. The van der Waals surface area contributed by atoms with Gasteiger partial charge in [0, 0.05) is 24.6 Å². The topological polar surface area (TPSA) is 98.2 Å². The molecule has 2 aliphatic rings. The van der Waals surface area contributed by atoms with E-state index in [0.717, 1.165) is 30.2 Å². The van der Waals surface area contributed by atoms with Crippen molar-refractivity contribution in [3.63, 3.8) is 0 Å². The van der Waals surface area contributed by atoms with E-state index in [4.69, 9.17) is 17.0 Å². The number of hydrogen-bond donors (Lipinski definition) is 3. The standard InChI is InChI=1S/C26H25ClIN5O2S/c27-19-5-8-23(30-16-19)32-26(35)21-15-20(28-9-10-28)6-7-22(21)31-25(34)18-3-1-17(2-4-18)24(29)33-11-13-36-14-12-33/h1-8,15-16,29H,9-14H2,(H,31,34)(H,30,32,35). The van der Waals surface area contributed by atoms with Crippen LogP contribution in [0.25, 0.3) is 0 Å². The summed E-state index contributed by atoms with van der Waals surface area (Å²) in [7, 11) is 0. The maximum absolute atomic E-state index is 13.2. The Morgan fingerprint density at radius 2 is 1.67 bits per heavy atom. The average molecular weight is 634 g/mol. The summed E-state index contributed by atoms with van der Waals surface area (Å²) < 4.78 is 3.76. The van der Waals surface area contributed by atoms with Crippen LogP contribution in [0.1, 0.15) is 26.3 Å². The molecule has 0 aliphatic carbocycles. The third-order valence-electron chi connectivity index (χ3n) is 5.88. The van der Waals surface area contributed by atoms with Gasteiger partial charge in [-0.05, 0) is 0 Å². The van der Waals surface area contributed by atoms with Crippen LogP contribution in [0, 0.1) is 8.98 Å². The van der Waals surface area contributed by atoms with Crippen molar-refractivity contribution in [2.24, 2.45) is 0 Å². The number of carbonyl (C=O) groups is 2. The van der Waals surface area contributed by atoms with E-state index in [2.05, 4.69) is 20.5 Å². The molecule has 0 spiro atoms. The Labute approximate surface area is 226 Å². The fourth-order valence-electron chi connectivity index (χ4n) is 3.81. The molecule has 2 amide bonds. The summed E-state index contributed by atoms with van der Waals surface area (Å²) in [6, 6.07) is 16.1. The number of pyridine rings is 1. The first-order valence-electron chi connectivity index (χ1n) is 11.5. The van der Waals surface area contributed by atoms with Crippen molar-refractivity contribution in [3.05, 3.63) is 86.1 Å². The molecule has 0 atom stereocenters. The van der Waals surface area contributed by atoms with Gasteiger partial charge in [0.1, 0.15) is 0 Å². The Hall–Kier alpha value is -2.63. The second-order valence-corrected chi connectivity index (χ2v) is 16.0. The minimum absolute atomic E-state index is 0.306. The number of aromatic nitrogens is 1. The van der Waals surface area contributed by atoms with Crippen LogP contribution >= 0.6 is 43.2 Å². The van der Waals surface area contributed by atoms with Gasteiger partial charge in [-0.15, -0.1) is 0 Å². The van der Waals surface area contributed by atoms with Gasteiger partial charge in [-0.25, -0.2) is 0 Å². The Morgan fingerprint density at radius 3 is 2.33 bits per heavy atom. The molecule has 5 rings (SSSR count). The van der Waals surface area contributed by atoms with Crippen LogP contribution in [-0.2, 0) is 0 Å². The molecule has 2 aliphatic heterocycles. The monoisotopic (exact) mass is 633 g/mol. The van der Waals surface area contributed by atoms with E-state index in [1.807, 2.05) is 30.0 Å². The molecule has 10 heteroatoms. The number of hydrogen-bond acceptors (Lipinski definition) is 5. The van der Waals surface area contributed by atoms with Gasteiger partial charge in [-0.1, -0.05) is 0 Å². The van der Waals surface area contributed by atoms with Crippen molar-refractivity contribution < 1.29 is 9.59 Å². The van der Waals surface area contributed by atoms with Crippen molar-refractivity contribution in [2.45, 2.75) is 0 Å². The molecule has 1 aromatic heterocycles. The fourth-order valence-corrected chi connectivity index (χ4v) is 9.08. The molecule has 186 valence electrons. The molecule has 2 saturated heterocycles. The van der Waals surface area contributed by atoms with Crippen LogP contribution in [0.15, 0.2) is 60.8 Å². The zero-order valence-corrected chi connectivity index (χ0v) is 23.1. The second-order valence-electron chi connectivity index (χ2n) is 8.32. The van der Waals surface area contributed by atoms with Gasteiger partial charge >= 0.3 is 191 Å². The first-order chi connectivity index (χ1) is 17.5. The van der Waals surface area contributed by atoms with Crippen LogP contribution in [0.4, 0.5) is 11.5 Å². The normalized spacial score (nSPS) is 15.8. The number of thioether (sulfide) groups is 1. The number of rotatable bonds is 6. The summed E-state index contributed by atoms with van der Waals surface area (Å²) >= 11 is 6.69. The van der Waals surface area contributed by atoms with Gasteiger partial charge in [-0.3, -0.25) is 0 Å². The molecule has 0 unspecified atom stereocenters. The van der Waals surface area contributed by atoms with E-state index in [0.29, 0.717) is 33.5 Å². The minimum atomic E-state index is -1.11. The predicted molar refractivity (Wildman–Crippen MR) is 156 cm³/mol. The van der Waals surface area contributed by atoms with Crippen LogP contribution < -0.4 is 10.6 Å². The first kappa shape index (κ1) is 25.0.